The molecule has 0 unspecified atom stereocenters. The fraction of sp³-hybridized carbons (Fsp3) is 0.882. The van der Waals surface area contributed by atoms with Gasteiger partial charge in [-0.1, -0.05) is 0 Å². The van der Waals surface area contributed by atoms with Crippen LogP contribution in [0.25, 0.3) is 0 Å². The molecule has 0 aromatic rings. The number of carbonyl (C=O) groups excluding carboxylic acids is 2. The third kappa shape index (κ3) is 3.80. The van der Waals surface area contributed by atoms with Gasteiger partial charge in [-0.15, -0.1) is 0 Å². The number of likely N-dealkylation sites (tertiary alicyclic amines) is 1. The molecule has 2 aliphatic rings. The van der Waals surface area contributed by atoms with Crippen molar-refractivity contribution >= 4 is 11.8 Å². The summed E-state index contributed by atoms with van der Waals surface area (Å²) in [7, 11) is 0. The molecule has 0 bridgehead atoms. The summed E-state index contributed by atoms with van der Waals surface area (Å²) in [4.78, 5) is 30.5. The van der Waals surface area contributed by atoms with E-state index < -0.39 is 0 Å². The standard InChI is InChI=1S/C17H31N3O2/c1-16(2,3)19-12-11-18(15(22)13-19)10-8-17(4,5)20-9-6-7-14(20)21/h6-13H2,1-5H3. The highest BCUT2D eigenvalue weighted by atomic mass is 16.2. The number of nitrogens with zero attached hydrogens (tertiary/aromatic N) is 3. The van der Waals surface area contributed by atoms with Crippen molar-refractivity contribution in [3.63, 3.8) is 0 Å². The molecule has 0 atom stereocenters. The zero-order valence-electron chi connectivity index (χ0n) is 14.8. The third-order valence-electron chi connectivity index (χ3n) is 5.06. The van der Waals surface area contributed by atoms with E-state index in [1.807, 2.05) is 9.80 Å². The highest BCUT2D eigenvalue weighted by Gasteiger charge is 2.36. The van der Waals surface area contributed by atoms with Crippen LogP contribution in [0.4, 0.5) is 0 Å². The molecule has 0 spiro atoms. The minimum atomic E-state index is -0.158. The van der Waals surface area contributed by atoms with Crippen LogP contribution in [0.1, 0.15) is 53.9 Å². The Morgan fingerprint density at radius 3 is 2.14 bits per heavy atom. The average molecular weight is 309 g/mol. The molecule has 22 heavy (non-hydrogen) atoms. The van der Waals surface area contributed by atoms with Crippen molar-refractivity contribution in [2.24, 2.45) is 0 Å². The normalized spacial score (nSPS) is 21.9. The van der Waals surface area contributed by atoms with Crippen molar-refractivity contribution in [3.05, 3.63) is 0 Å². The van der Waals surface area contributed by atoms with E-state index in [4.69, 9.17) is 0 Å². The molecule has 0 aromatic heterocycles. The summed E-state index contributed by atoms with van der Waals surface area (Å²) in [6.45, 7) is 14.5. The molecular weight excluding hydrogens is 278 g/mol. The SMILES string of the molecule is CC(C)(C)N1CCN(CCC(C)(C)N2CCCC2=O)C(=O)C1. The van der Waals surface area contributed by atoms with Gasteiger partial charge in [-0.25, -0.2) is 0 Å². The molecule has 2 fully saturated rings. The van der Waals surface area contributed by atoms with Crippen LogP contribution in [-0.4, -0.2) is 70.3 Å². The molecule has 0 radical (unpaired) electrons. The molecule has 2 rings (SSSR count). The van der Waals surface area contributed by atoms with E-state index in [0.29, 0.717) is 13.0 Å². The maximum atomic E-state index is 12.4. The molecule has 0 aliphatic carbocycles. The molecule has 0 saturated carbocycles. The van der Waals surface area contributed by atoms with E-state index in [9.17, 15) is 9.59 Å². The van der Waals surface area contributed by atoms with E-state index >= 15 is 0 Å². The zero-order chi connectivity index (χ0) is 16.5. The maximum absolute atomic E-state index is 12.4. The first-order chi connectivity index (χ1) is 10.1. The molecule has 2 heterocycles. The van der Waals surface area contributed by atoms with Gasteiger partial charge in [0.25, 0.3) is 0 Å². The fourth-order valence-corrected chi connectivity index (χ4v) is 3.35. The first kappa shape index (κ1) is 17.3. The summed E-state index contributed by atoms with van der Waals surface area (Å²) >= 11 is 0. The summed E-state index contributed by atoms with van der Waals surface area (Å²) < 4.78 is 0. The molecule has 5 nitrogen and oxygen atoms in total. The summed E-state index contributed by atoms with van der Waals surface area (Å²) in [6.07, 6.45) is 2.48. The summed E-state index contributed by atoms with van der Waals surface area (Å²) in [6, 6.07) is 0. The minimum Gasteiger partial charge on any atom is -0.340 e. The van der Waals surface area contributed by atoms with Crippen molar-refractivity contribution in [1.29, 1.82) is 0 Å². The number of carbonyl (C=O) groups is 2. The Bertz CT molecular complexity index is 440. The van der Waals surface area contributed by atoms with Crippen molar-refractivity contribution in [3.8, 4) is 0 Å². The second kappa shape index (κ2) is 6.19. The number of hydrogen-bond acceptors (Lipinski definition) is 3. The molecule has 2 aliphatic heterocycles. The van der Waals surface area contributed by atoms with E-state index in [2.05, 4.69) is 39.5 Å². The molecule has 0 aromatic carbocycles. The van der Waals surface area contributed by atoms with Crippen LogP contribution in [0.5, 0.6) is 0 Å². The van der Waals surface area contributed by atoms with Crippen LogP contribution in [0.2, 0.25) is 0 Å². The summed E-state index contributed by atoms with van der Waals surface area (Å²) in [5, 5.41) is 0. The smallest absolute Gasteiger partial charge is 0.236 e. The van der Waals surface area contributed by atoms with Gasteiger partial charge in [-0.05, 0) is 47.5 Å². The van der Waals surface area contributed by atoms with Gasteiger partial charge in [0.2, 0.25) is 11.8 Å². The van der Waals surface area contributed by atoms with Gasteiger partial charge < -0.3 is 9.80 Å². The Hall–Kier alpha value is -1.10. The summed E-state index contributed by atoms with van der Waals surface area (Å²) in [5.74, 6) is 0.471. The van der Waals surface area contributed by atoms with Crippen molar-refractivity contribution in [1.82, 2.24) is 14.7 Å². The molecule has 5 heteroatoms. The second-order valence-electron chi connectivity index (χ2n) is 8.18. The van der Waals surface area contributed by atoms with E-state index in [1.165, 1.54) is 0 Å². The van der Waals surface area contributed by atoms with Gasteiger partial charge >= 0.3 is 0 Å². The Balaban J connectivity index is 1.87. The Labute approximate surface area is 134 Å². The van der Waals surface area contributed by atoms with E-state index in [-0.39, 0.29) is 22.9 Å². The highest BCUT2D eigenvalue weighted by Crippen LogP contribution is 2.26. The van der Waals surface area contributed by atoms with Crippen molar-refractivity contribution in [2.75, 3.05) is 32.7 Å². The lowest BCUT2D eigenvalue weighted by Gasteiger charge is -2.43. The molecule has 126 valence electrons. The lowest BCUT2D eigenvalue weighted by Crippen LogP contribution is -2.57. The van der Waals surface area contributed by atoms with E-state index in [1.54, 1.807) is 0 Å². The van der Waals surface area contributed by atoms with Gasteiger partial charge in [0.15, 0.2) is 0 Å². The Morgan fingerprint density at radius 1 is 0.955 bits per heavy atom. The second-order valence-corrected chi connectivity index (χ2v) is 8.18. The van der Waals surface area contributed by atoms with Crippen LogP contribution in [0.3, 0.4) is 0 Å². The minimum absolute atomic E-state index is 0.0446. The van der Waals surface area contributed by atoms with Gasteiger partial charge in [-0.2, -0.15) is 0 Å². The number of piperazine rings is 1. The van der Waals surface area contributed by atoms with Crippen LogP contribution in [0, 0.1) is 0 Å². The Morgan fingerprint density at radius 2 is 1.64 bits per heavy atom. The first-order valence-corrected chi connectivity index (χ1v) is 8.44. The zero-order valence-corrected chi connectivity index (χ0v) is 14.8. The predicted molar refractivity (Wildman–Crippen MR) is 87.5 cm³/mol. The van der Waals surface area contributed by atoms with Crippen LogP contribution in [0.15, 0.2) is 0 Å². The number of amides is 2. The number of rotatable bonds is 4. The predicted octanol–water partition coefficient (Wildman–Crippen LogP) is 1.72. The first-order valence-electron chi connectivity index (χ1n) is 8.44. The fourth-order valence-electron chi connectivity index (χ4n) is 3.35. The number of hydrogen-bond donors (Lipinski definition) is 0. The maximum Gasteiger partial charge on any atom is 0.236 e. The lowest BCUT2D eigenvalue weighted by molar-refractivity contribution is -0.139. The van der Waals surface area contributed by atoms with Gasteiger partial charge in [0.1, 0.15) is 0 Å². The topological polar surface area (TPSA) is 43.9 Å². The largest absolute Gasteiger partial charge is 0.340 e. The van der Waals surface area contributed by atoms with Crippen molar-refractivity contribution < 1.29 is 9.59 Å². The van der Waals surface area contributed by atoms with E-state index in [0.717, 1.165) is 39.0 Å². The van der Waals surface area contributed by atoms with Crippen LogP contribution < -0.4 is 0 Å². The van der Waals surface area contributed by atoms with Gasteiger partial charge in [0, 0.05) is 43.7 Å². The van der Waals surface area contributed by atoms with Crippen LogP contribution >= 0.6 is 0 Å². The highest BCUT2D eigenvalue weighted by molar-refractivity contribution is 5.79. The molecular formula is C17H31N3O2. The molecule has 2 saturated heterocycles. The van der Waals surface area contributed by atoms with Gasteiger partial charge in [0.05, 0.1) is 6.54 Å². The lowest BCUT2D eigenvalue weighted by atomic mass is 9.97. The monoisotopic (exact) mass is 309 g/mol. The van der Waals surface area contributed by atoms with Crippen LogP contribution in [-0.2, 0) is 9.59 Å². The third-order valence-corrected chi connectivity index (χ3v) is 5.06. The van der Waals surface area contributed by atoms with Crippen molar-refractivity contribution in [2.45, 2.75) is 65.0 Å². The van der Waals surface area contributed by atoms with Gasteiger partial charge in [-0.3, -0.25) is 14.5 Å². The molecule has 0 N–H and O–H groups in total. The molecule has 2 amide bonds. The Kier molecular flexibility index (Phi) is 4.85. The quantitative estimate of drug-likeness (QED) is 0.794. The summed E-state index contributed by atoms with van der Waals surface area (Å²) in [5.41, 5.74) is -0.113. The average Bonchev–Trinajstić information content (AvgIpc) is 2.83.